The molecule has 0 saturated carbocycles. The Bertz CT molecular complexity index is 811. The average molecular weight is 414 g/mol. The molecule has 1 fully saturated rings. The summed E-state index contributed by atoms with van der Waals surface area (Å²) in [6, 6.07) is 12.0. The molecule has 1 aliphatic rings. The summed E-state index contributed by atoms with van der Waals surface area (Å²) in [4.78, 5) is 31.4. The third-order valence-electron chi connectivity index (χ3n) is 5.32. The molecule has 0 unspecified atom stereocenters. The lowest BCUT2D eigenvalue weighted by atomic mass is 10.1. The van der Waals surface area contributed by atoms with Crippen molar-refractivity contribution in [3.8, 4) is 0 Å². The van der Waals surface area contributed by atoms with Crippen LogP contribution in [-0.4, -0.2) is 54.3 Å². The number of hydrogen-bond donors (Lipinski definition) is 1. The number of amides is 2. The van der Waals surface area contributed by atoms with Gasteiger partial charge in [-0.2, -0.15) is 0 Å². The molecule has 0 radical (unpaired) electrons. The normalized spacial score (nSPS) is 14.8. The number of hydrogen-bond acceptors (Lipinski definition) is 4. The van der Waals surface area contributed by atoms with Gasteiger partial charge in [0.15, 0.2) is 0 Å². The van der Waals surface area contributed by atoms with Gasteiger partial charge in [0.25, 0.3) is 5.91 Å². The highest BCUT2D eigenvalue weighted by Gasteiger charge is 2.25. The van der Waals surface area contributed by atoms with E-state index < -0.39 is 0 Å². The third kappa shape index (κ3) is 5.90. The molecule has 156 valence electrons. The first-order valence-corrected chi connectivity index (χ1v) is 11.4. The Morgan fingerprint density at radius 3 is 2.45 bits per heavy atom. The third-order valence-corrected chi connectivity index (χ3v) is 6.55. The van der Waals surface area contributed by atoms with Crippen LogP contribution >= 0.6 is 11.3 Å². The molecule has 1 aromatic heterocycles. The first-order chi connectivity index (χ1) is 14.1. The number of nitrogens with zero attached hydrogens (tertiary/aromatic N) is 2. The predicted octanol–water partition coefficient (Wildman–Crippen LogP) is 3.34. The number of rotatable bonds is 8. The minimum absolute atomic E-state index is 0.0312. The largest absolute Gasteiger partial charge is 0.351 e. The Morgan fingerprint density at radius 2 is 1.79 bits per heavy atom. The molecule has 1 aromatic carbocycles. The number of nitrogens with one attached hydrogen (secondary N) is 1. The molecule has 2 amide bonds. The van der Waals surface area contributed by atoms with E-state index in [2.05, 4.69) is 30.1 Å². The van der Waals surface area contributed by atoms with Crippen LogP contribution in [0, 0.1) is 0 Å². The fraction of sp³-hybridized carbons (Fsp3) is 0.478. The smallest absolute Gasteiger partial charge is 0.264 e. The summed E-state index contributed by atoms with van der Waals surface area (Å²) in [6.07, 6.45) is 3.13. The molecule has 2 heterocycles. The maximum absolute atomic E-state index is 12.9. The average Bonchev–Trinajstić information content (AvgIpc) is 3.16. The summed E-state index contributed by atoms with van der Waals surface area (Å²) in [6.45, 7) is 8.08. The second-order valence-electron chi connectivity index (χ2n) is 7.49. The predicted molar refractivity (Wildman–Crippen MR) is 118 cm³/mol. The maximum atomic E-state index is 12.9. The van der Waals surface area contributed by atoms with Gasteiger partial charge < -0.3 is 10.2 Å². The van der Waals surface area contributed by atoms with Gasteiger partial charge in [-0.05, 0) is 30.0 Å². The van der Waals surface area contributed by atoms with Crippen LogP contribution < -0.4 is 5.32 Å². The molecule has 0 spiro atoms. The minimum Gasteiger partial charge on any atom is -0.351 e. The molecule has 1 N–H and O–H groups in total. The van der Waals surface area contributed by atoms with E-state index in [-0.39, 0.29) is 11.8 Å². The van der Waals surface area contributed by atoms with Gasteiger partial charge in [0, 0.05) is 37.6 Å². The van der Waals surface area contributed by atoms with E-state index in [4.69, 9.17) is 0 Å². The first kappa shape index (κ1) is 21.5. The van der Waals surface area contributed by atoms with Gasteiger partial charge in [0.05, 0.1) is 11.4 Å². The Morgan fingerprint density at radius 1 is 1.07 bits per heavy atom. The van der Waals surface area contributed by atoms with Crippen LogP contribution in [0.3, 0.4) is 0 Å². The van der Waals surface area contributed by atoms with E-state index in [1.54, 1.807) is 11.3 Å². The summed E-state index contributed by atoms with van der Waals surface area (Å²) < 4.78 is 0. The maximum Gasteiger partial charge on any atom is 0.264 e. The standard InChI is InChI=1S/C23H31N3O2S/c1-3-8-20-19(4-2)15-21(29-20)23(28)26-13-11-25(12-14-26)17-22(27)24-16-18-9-6-5-7-10-18/h5-7,9-10,15H,3-4,8,11-14,16-17H2,1-2H3,(H,24,27). The quantitative estimate of drug-likeness (QED) is 0.722. The summed E-state index contributed by atoms with van der Waals surface area (Å²) in [7, 11) is 0. The van der Waals surface area contributed by atoms with Crippen LogP contribution in [0.1, 0.15) is 45.9 Å². The summed E-state index contributed by atoms with van der Waals surface area (Å²) in [5.74, 6) is 0.170. The van der Waals surface area contributed by atoms with Crippen molar-refractivity contribution in [1.29, 1.82) is 0 Å². The minimum atomic E-state index is 0.0312. The van der Waals surface area contributed by atoms with Gasteiger partial charge in [-0.15, -0.1) is 11.3 Å². The fourth-order valence-electron chi connectivity index (χ4n) is 3.63. The van der Waals surface area contributed by atoms with E-state index in [0.29, 0.717) is 26.2 Å². The zero-order valence-corrected chi connectivity index (χ0v) is 18.3. The van der Waals surface area contributed by atoms with E-state index >= 15 is 0 Å². The Labute approximate surface area is 177 Å². The van der Waals surface area contributed by atoms with E-state index in [9.17, 15) is 9.59 Å². The molecule has 1 saturated heterocycles. The van der Waals surface area contributed by atoms with Crippen LogP contribution in [-0.2, 0) is 24.2 Å². The number of carbonyl (C=O) groups excluding carboxylic acids is 2. The second-order valence-corrected chi connectivity index (χ2v) is 8.63. The lowest BCUT2D eigenvalue weighted by Crippen LogP contribution is -2.51. The van der Waals surface area contributed by atoms with Gasteiger partial charge >= 0.3 is 0 Å². The van der Waals surface area contributed by atoms with Crippen LogP contribution in [0.2, 0.25) is 0 Å². The first-order valence-electron chi connectivity index (χ1n) is 10.5. The van der Waals surface area contributed by atoms with Crippen molar-refractivity contribution in [2.75, 3.05) is 32.7 Å². The summed E-state index contributed by atoms with van der Waals surface area (Å²) in [5, 5.41) is 2.97. The van der Waals surface area contributed by atoms with Crippen molar-refractivity contribution in [2.24, 2.45) is 0 Å². The lowest BCUT2D eigenvalue weighted by molar-refractivity contribution is -0.122. The number of piperazine rings is 1. The van der Waals surface area contributed by atoms with E-state index in [0.717, 1.165) is 42.8 Å². The van der Waals surface area contributed by atoms with E-state index in [1.807, 2.05) is 35.2 Å². The van der Waals surface area contributed by atoms with Gasteiger partial charge in [-0.25, -0.2) is 0 Å². The van der Waals surface area contributed by atoms with Crippen molar-refractivity contribution >= 4 is 23.2 Å². The van der Waals surface area contributed by atoms with E-state index in [1.165, 1.54) is 10.4 Å². The Balaban J connectivity index is 1.46. The molecule has 2 aromatic rings. The fourth-order valence-corrected chi connectivity index (χ4v) is 4.95. The van der Waals surface area contributed by atoms with Crippen LogP contribution in [0.4, 0.5) is 0 Å². The highest BCUT2D eigenvalue weighted by atomic mass is 32.1. The molecule has 5 nitrogen and oxygen atoms in total. The lowest BCUT2D eigenvalue weighted by Gasteiger charge is -2.34. The highest BCUT2D eigenvalue weighted by Crippen LogP contribution is 2.26. The molecule has 0 atom stereocenters. The van der Waals surface area contributed by atoms with Crippen LogP contribution in [0.25, 0.3) is 0 Å². The second kappa shape index (κ2) is 10.6. The molecular weight excluding hydrogens is 382 g/mol. The SMILES string of the molecule is CCCc1sc(C(=O)N2CCN(CC(=O)NCc3ccccc3)CC2)cc1CC. The molecule has 6 heteroatoms. The molecular formula is C23H31N3O2S. The summed E-state index contributed by atoms with van der Waals surface area (Å²) in [5.41, 5.74) is 2.41. The summed E-state index contributed by atoms with van der Waals surface area (Å²) >= 11 is 1.66. The Kier molecular flexibility index (Phi) is 7.83. The highest BCUT2D eigenvalue weighted by molar-refractivity contribution is 7.14. The number of carbonyl (C=O) groups is 2. The molecule has 3 rings (SSSR count). The topological polar surface area (TPSA) is 52.7 Å². The van der Waals surface area contributed by atoms with Gasteiger partial charge in [-0.1, -0.05) is 50.6 Å². The van der Waals surface area contributed by atoms with Crippen LogP contribution in [0.15, 0.2) is 36.4 Å². The van der Waals surface area contributed by atoms with Gasteiger partial charge in [-0.3, -0.25) is 14.5 Å². The number of thiophene rings is 1. The van der Waals surface area contributed by atoms with Crippen molar-refractivity contribution in [3.05, 3.63) is 57.3 Å². The van der Waals surface area contributed by atoms with Crippen molar-refractivity contribution in [3.63, 3.8) is 0 Å². The number of aryl methyl sites for hydroxylation is 2. The zero-order chi connectivity index (χ0) is 20.6. The molecule has 1 aliphatic heterocycles. The Hall–Kier alpha value is -2.18. The molecule has 29 heavy (non-hydrogen) atoms. The monoisotopic (exact) mass is 413 g/mol. The molecule has 0 aliphatic carbocycles. The van der Waals surface area contributed by atoms with Crippen molar-refractivity contribution in [1.82, 2.24) is 15.1 Å². The zero-order valence-electron chi connectivity index (χ0n) is 17.4. The number of benzene rings is 1. The van der Waals surface area contributed by atoms with Gasteiger partial charge in [0.1, 0.15) is 0 Å². The van der Waals surface area contributed by atoms with Crippen molar-refractivity contribution < 1.29 is 9.59 Å². The van der Waals surface area contributed by atoms with Crippen LogP contribution in [0.5, 0.6) is 0 Å². The molecule has 0 bridgehead atoms. The van der Waals surface area contributed by atoms with Crippen molar-refractivity contribution in [2.45, 2.75) is 39.7 Å². The van der Waals surface area contributed by atoms with Gasteiger partial charge in [0.2, 0.25) is 5.91 Å².